The van der Waals surface area contributed by atoms with Gasteiger partial charge in [0.2, 0.25) is 0 Å². The van der Waals surface area contributed by atoms with E-state index in [-0.39, 0.29) is 11.7 Å². The lowest BCUT2D eigenvalue weighted by molar-refractivity contribution is 0.0747. The summed E-state index contributed by atoms with van der Waals surface area (Å²) in [6, 6.07) is 23.4. The van der Waals surface area contributed by atoms with Crippen molar-refractivity contribution >= 4 is 44.9 Å². The van der Waals surface area contributed by atoms with E-state index in [9.17, 15) is 9.90 Å². The molecule has 1 aromatic heterocycles. The Bertz CT molecular complexity index is 1180. The van der Waals surface area contributed by atoms with Crippen LogP contribution in [0.4, 0.5) is 5.69 Å². The van der Waals surface area contributed by atoms with Gasteiger partial charge >= 0.3 is 0 Å². The molecule has 1 N–H and O–H groups in total. The average molecular weight is 462 g/mol. The molecular formula is C25H23N3O2S2. The van der Waals surface area contributed by atoms with Crippen molar-refractivity contribution in [3.05, 3.63) is 83.9 Å². The van der Waals surface area contributed by atoms with E-state index in [1.54, 1.807) is 35.2 Å². The lowest BCUT2D eigenvalue weighted by atomic mass is 10.1. The maximum atomic E-state index is 12.9. The number of carbonyl (C=O) groups is 1. The van der Waals surface area contributed by atoms with Crippen LogP contribution < -0.4 is 4.90 Å². The molecule has 1 fully saturated rings. The van der Waals surface area contributed by atoms with E-state index in [1.165, 1.54) is 10.3 Å². The molecular weight excluding hydrogens is 438 g/mol. The van der Waals surface area contributed by atoms with Crippen molar-refractivity contribution < 1.29 is 9.90 Å². The zero-order valence-electron chi connectivity index (χ0n) is 17.5. The first-order valence-electron chi connectivity index (χ1n) is 10.6. The van der Waals surface area contributed by atoms with Gasteiger partial charge in [0.05, 0.1) is 10.2 Å². The van der Waals surface area contributed by atoms with Crippen LogP contribution in [0.1, 0.15) is 15.9 Å². The van der Waals surface area contributed by atoms with Gasteiger partial charge < -0.3 is 14.9 Å². The number of anilines is 1. The topological polar surface area (TPSA) is 56.7 Å². The number of nitrogens with zero attached hydrogens (tertiary/aromatic N) is 3. The molecule has 0 saturated carbocycles. The van der Waals surface area contributed by atoms with Crippen LogP contribution in [0.15, 0.2) is 77.1 Å². The highest BCUT2D eigenvalue weighted by Gasteiger charge is 2.22. The molecule has 0 radical (unpaired) electrons. The van der Waals surface area contributed by atoms with E-state index in [0.29, 0.717) is 13.1 Å². The average Bonchev–Trinajstić information content (AvgIpc) is 3.26. The van der Waals surface area contributed by atoms with Crippen molar-refractivity contribution in [3.8, 4) is 5.75 Å². The number of hydrogen-bond donors (Lipinski definition) is 1. The van der Waals surface area contributed by atoms with E-state index in [0.717, 1.165) is 39.9 Å². The zero-order valence-corrected chi connectivity index (χ0v) is 19.1. The molecule has 1 aliphatic heterocycles. The van der Waals surface area contributed by atoms with Gasteiger partial charge in [0.15, 0.2) is 4.34 Å². The molecule has 32 heavy (non-hydrogen) atoms. The van der Waals surface area contributed by atoms with Crippen LogP contribution in [0.3, 0.4) is 0 Å². The van der Waals surface area contributed by atoms with Crippen molar-refractivity contribution in [1.82, 2.24) is 9.88 Å². The second-order valence-electron chi connectivity index (χ2n) is 7.73. The van der Waals surface area contributed by atoms with Crippen LogP contribution in [0, 0.1) is 0 Å². The summed E-state index contributed by atoms with van der Waals surface area (Å²) in [5.41, 5.74) is 4.04. The number of aromatic nitrogens is 1. The number of hydrogen-bond acceptors (Lipinski definition) is 6. The number of thioether (sulfide) groups is 1. The number of fused-ring (bicyclic) bond motifs is 1. The minimum absolute atomic E-state index is 0.0840. The Hall–Kier alpha value is -3.03. The lowest BCUT2D eigenvalue weighted by Gasteiger charge is -2.36. The Morgan fingerprint density at radius 3 is 2.38 bits per heavy atom. The summed E-state index contributed by atoms with van der Waals surface area (Å²) in [5.74, 6) is 1.18. The first-order chi connectivity index (χ1) is 15.7. The zero-order chi connectivity index (χ0) is 21.9. The molecule has 3 aromatic carbocycles. The van der Waals surface area contributed by atoms with Crippen molar-refractivity contribution in [1.29, 1.82) is 0 Å². The fraction of sp³-hybridized carbons (Fsp3) is 0.200. The predicted octanol–water partition coefficient (Wildman–Crippen LogP) is 5.26. The molecule has 1 aliphatic rings. The smallest absolute Gasteiger partial charge is 0.253 e. The van der Waals surface area contributed by atoms with Gasteiger partial charge in [-0.2, -0.15) is 0 Å². The minimum Gasteiger partial charge on any atom is -0.508 e. The highest BCUT2D eigenvalue weighted by molar-refractivity contribution is 8.00. The van der Waals surface area contributed by atoms with Gasteiger partial charge in [0, 0.05) is 43.2 Å². The maximum Gasteiger partial charge on any atom is 0.253 e. The van der Waals surface area contributed by atoms with E-state index >= 15 is 0 Å². The summed E-state index contributed by atoms with van der Waals surface area (Å²) in [6.07, 6.45) is 0. The summed E-state index contributed by atoms with van der Waals surface area (Å²) in [7, 11) is 0. The number of para-hydroxylation sites is 1. The van der Waals surface area contributed by atoms with Gasteiger partial charge in [-0.15, -0.1) is 11.3 Å². The molecule has 7 heteroatoms. The number of aromatic hydroxyl groups is 1. The third-order valence-corrected chi connectivity index (χ3v) is 7.87. The number of amides is 1. The van der Waals surface area contributed by atoms with Crippen molar-refractivity contribution in [3.63, 3.8) is 0 Å². The molecule has 0 unspecified atom stereocenters. The van der Waals surface area contributed by atoms with Crippen LogP contribution in [0.5, 0.6) is 5.75 Å². The Labute approximate surface area is 195 Å². The maximum absolute atomic E-state index is 12.9. The Kier molecular flexibility index (Phi) is 6.01. The molecule has 2 heterocycles. The lowest BCUT2D eigenvalue weighted by Crippen LogP contribution is -2.48. The summed E-state index contributed by atoms with van der Waals surface area (Å²) >= 11 is 3.45. The SMILES string of the molecule is O=C(c1ccc(CSc2nc3ccccc3s2)cc1)N1CCN(c2ccc(O)cc2)CC1. The van der Waals surface area contributed by atoms with Gasteiger partial charge in [-0.3, -0.25) is 4.79 Å². The highest BCUT2D eigenvalue weighted by Crippen LogP contribution is 2.31. The molecule has 162 valence electrons. The number of phenols is 1. The standard InChI is InChI=1S/C25H23N3O2S2/c29-21-11-9-20(10-12-21)27-13-15-28(16-14-27)24(30)19-7-5-18(6-8-19)17-31-25-26-22-3-1-2-4-23(22)32-25/h1-12,29H,13-17H2. The summed E-state index contributed by atoms with van der Waals surface area (Å²) in [6.45, 7) is 2.95. The normalized spacial score (nSPS) is 14.1. The van der Waals surface area contributed by atoms with Gasteiger partial charge in [-0.1, -0.05) is 36.0 Å². The molecule has 1 saturated heterocycles. The molecule has 5 rings (SSSR count). The quantitative estimate of drug-likeness (QED) is 0.411. The third-order valence-electron chi connectivity index (χ3n) is 5.62. The Balaban J connectivity index is 1.16. The molecule has 0 aliphatic carbocycles. The van der Waals surface area contributed by atoms with Gasteiger partial charge in [0.1, 0.15) is 5.75 Å². The van der Waals surface area contributed by atoms with E-state index in [2.05, 4.69) is 16.0 Å². The number of phenolic OH excluding ortho intramolecular Hbond substituents is 1. The van der Waals surface area contributed by atoms with Crippen LogP contribution in [-0.4, -0.2) is 47.1 Å². The number of piperazine rings is 1. The van der Waals surface area contributed by atoms with Gasteiger partial charge in [-0.25, -0.2) is 4.98 Å². The highest BCUT2D eigenvalue weighted by atomic mass is 32.2. The van der Waals surface area contributed by atoms with Crippen molar-refractivity contribution in [2.45, 2.75) is 10.1 Å². The van der Waals surface area contributed by atoms with Crippen LogP contribution in [0.2, 0.25) is 0 Å². The fourth-order valence-corrected chi connectivity index (χ4v) is 5.84. The van der Waals surface area contributed by atoms with Crippen molar-refractivity contribution in [2.75, 3.05) is 31.1 Å². The fourth-order valence-electron chi connectivity index (χ4n) is 3.82. The van der Waals surface area contributed by atoms with E-state index in [1.807, 2.05) is 59.5 Å². The van der Waals surface area contributed by atoms with E-state index in [4.69, 9.17) is 0 Å². The molecule has 0 spiro atoms. The first kappa shape index (κ1) is 20.8. The molecule has 0 bridgehead atoms. The Morgan fingerprint density at radius 1 is 0.938 bits per heavy atom. The summed E-state index contributed by atoms with van der Waals surface area (Å²) in [4.78, 5) is 21.8. The second-order valence-corrected chi connectivity index (χ2v) is 9.98. The van der Waals surface area contributed by atoms with E-state index < -0.39 is 0 Å². The number of rotatable bonds is 5. The predicted molar refractivity (Wildman–Crippen MR) is 132 cm³/mol. The molecule has 4 aromatic rings. The second kappa shape index (κ2) is 9.22. The molecule has 5 nitrogen and oxygen atoms in total. The van der Waals surface area contributed by atoms with Crippen molar-refractivity contribution in [2.24, 2.45) is 0 Å². The number of carbonyl (C=O) groups excluding carboxylic acids is 1. The summed E-state index contributed by atoms with van der Waals surface area (Å²) < 4.78 is 2.28. The largest absolute Gasteiger partial charge is 0.508 e. The van der Waals surface area contributed by atoms with Crippen LogP contribution >= 0.6 is 23.1 Å². The minimum atomic E-state index is 0.0840. The first-order valence-corrected chi connectivity index (χ1v) is 12.4. The monoisotopic (exact) mass is 461 g/mol. The molecule has 1 amide bonds. The van der Waals surface area contributed by atoms with Crippen LogP contribution in [0.25, 0.3) is 10.2 Å². The van der Waals surface area contributed by atoms with Gasteiger partial charge in [-0.05, 0) is 54.1 Å². The third kappa shape index (κ3) is 4.59. The van der Waals surface area contributed by atoms with Gasteiger partial charge in [0.25, 0.3) is 5.91 Å². The number of thiazole rings is 1. The van der Waals surface area contributed by atoms with Crippen LogP contribution in [-0.2, 0) is 5.75 Å². The summed E-state index contributed by atoms with van der Waals surface area (Å²) in [5, 5.41) is 9.46. The number of benzene rings is 3. The molecule has 0 atom stereocenters. The Morgan fingerprint density at radius 2 is 1.66 bits per heavy atom.